The van der Waals surface area contributed by atoms with Crippen LogP contribution >= 0.6 is 11.8 Å². The zero-order valence-electron chi connectivity index (χ0n) is 18.0. The summed E-state index contributed by atoms with van der Waals surface area (Å²) in [5, 5.41) is 9.22. The topological polar surface area (TPSA) is 77.4 Å². The summed E-state index contributed by atoms with van der Waals surface area (Å²) in [5.41, 5.74) is 3.74. The van der Waals surface area contributed by atoms with Gasteiger partial charge in [0.1, 0.15) is 5.75 Å². The molecule has 0 saturated carbocycles. The van der Waals surface area contributed by atoms with Gasteiger partial charge < -0.3 is 9.47 Å². The van der Waals surface area contributed by atoms with E-state index < -0.39 is 6.23 Å². The maximum atomic E-state index is 12.9. The van der Waals surface area contributed by atoms with Gasteiger partial charge in [0.2, 0.25) is 23.2 Å². The third-order valence-electron chi connectivity index (χ3n) is 4.86. The lowest BCUT2D eigenvalue weighted by Crippen LogP contribution is -2.36. The smallest absolute Gasteiger partial charge is 0.247 e. The maximum absolute atomic E-state index is 12.9. The number of aryl methyl sites for hydroxylation is 1. The summed E-state index contributed by atoms with van der Waals surface area (Å²) < 4.78 is 12.3. The van der Waals surface area contributed by atoms with Crippen LogP contribution in [-0.4, -0.2) is 33.4 Å². The van der Waals surface area contributed by atoms with Crippen LogP contribution in [0.2, 0.25) is 0 Å². The van der Waals surface area contributed by atoms with Crippen LogP contribution in [0.25, 0.3) is 11.3 Å². The number of benzene rings is 2. The molecule has 1 amide bonds. The van der Waals surface area contributed by atoms with Gasteiger partial charge in [-0.2, -0.15) is 4.98 Å². The Morgan fingerprint density at radius 2 is 2.00 bits per heavy atom. The highest BCUT2D eigenvalue weighted by molar-refractivity contribution is 7.99. The zero-order chi connectivity index (χ0) is 22.0. The Hall–Kier alpha value is -3.13. The molecular formula is C23H24N4O3S. The number of amides is 1. The molecule has 0 aliphatic carbocycles. The lowest BCUT2D eigenvalue weighted by atomic mass is 10.0. The number of hydrogen-bond donors (Lipinski definition) is 0. The SMILES string of the molecule is CCOc1ccccc1[C@H]1Oc2nc(SCC)nnc2-c2cc(C)ccc2N1C(C)=O. The van der Waals surface area contributed by atoms with Crippen molar-refractivity contribution in [2.75, 3.05) is 17.3 Å². The lowest BCUT2D eigenvalue weighted by Gasteiger charge is -2.30. The number of aromatic nitrogens is 3. The van der Waals surface area contributed by atoms with Crippen LogP contribution in [0.15, 0.2) is 47.6 Å². The van der Waals surface area contributed by atoms with Crippen molar-refractivity contribution in [2.24, 2.45) is 0 Å². The summed E-state index contributed by atoms with van der Waals surface area (Å²) in [4.78, 5) is 19.2. The molecule has 31 heavy (non-hydrogen) atoms. The van der Waals surface area contributed by atoms with Crippen molar-refractivity contribution in [2.45, 2.75) is 39.1 Å². The first-order valence-corrected chi connectivity index (χ1v) is 11.2. The summed E-state index contributed by atoms with van der Waals surface area (Å²) in [5.74, 6) is 1.65. The molecule has 1 aliphatic heterocycles. The standard InChI is InChI=1S/C23H24N4O3S/c1-5-29-19-10-8-7-9-16(19)22-27(15(4)28)18-12-11-14(3)13-17(18)20-21(30-22)24-23(26-25-20)31-6-2/h7-13,22H,5-6H2,1-4H3/t22-/m1/s1. The second-order valence-corrected chi connectivity index (χ2v) is 8.26. The van der Waals surface area contributed by atoms with Gasteiger partial charge in [0.05, 0.1) is 17.9 Å². The van der Waals surface area contributed by atoms with Crippen molar-refractivity contribution in [1.82, 2.24) is 15.2 Å². The molecule has 2 heterocycles. The predicted molar refractivity (Wildman–Crippen MR) is 121 cm³/mol. The maximum Gasteiger partial charge on any atom is 0.247 e. The monoisotopic (exact) mass is 436 g/mol. The van der Waals surface area contributed by atoms with E-state index in [4.69, 9.17) is 9.47 Å². The second-order valence-electron chi connectivity index (χ2n) is 7.03. The van der Waals surface area contributed by atoms with Crippen molar-refractivity contribution < 1.29 is 14.3 Å². The minimum Gasteiger partial charge on any atom is -0.493 e. The van der Waals surface area contributed by atoms with Crippen LogP contribution in [0.3, 0.4) is 0 Å². The zero-order valence-corrected chi connectivity index (χ0v) is 18.8. The van der Waals surface area contributed by atoms with E-state index in [-0.39, 0.29) is 5.91 Å². The highest BCUT2D eigenvalue weighted by Gasteiger charge is 2.36. The molecule has 2 aromatic carbocycles. The van der Waals surface area contributed by atoms with Crippen molar-refractivity contribution in [1.29, 1.82) is 0 Å². The minimum atomic E-state index is -0.765. The molecule has 0 saturated heterocycles. The first-order chi connectivity index (χ1) is 15.0. The van der Waals surface area contributed by atoms with Gasteiger partial charge in [-0.1, -0.05) is 42.4 Å². The summed E-state index contributed by atoms with van der Waals surface area (Å²) in [6.07, 6.45) is -0.765. The van der Waals surface area contributed by atoms with Gasteiger partial charge in [-0.15, -0.1) is 10.2 Å². The largest absolute Gasteiger partial charge is 0.493 e. The number of thioether (sulfide) groups is 1. The van der Waals surface area contributed by atoms with Gasteiger partial charge in [0.25, 0.3) is 0 Å². The van der Waals surface area contributed by atoms with E-state index in [1.165, 1.54) is 18.7 Å². The molecule has 0 N–H and O–H groups in total. The molecule has 7 nitrogen and oxygen atoms in total. The van der Waals surface area contributed by atoms with Gasteiger partial charge in [-0.05, 0) is 43.9 Å². The quantitative estimate of drug-likeness (QED) is 0.532. The van der Waals surface area contributed by atoms with E-state index in [2.05, 4.69) is 15.2 Å². The summed E-state index contributed by atoms with van der Waals surface area (Å²) in [6, 6.07) is 13.4. The third-order valence-corrected chi connectivity index (χ3v) is 5.58. The number of hydrogen-bond acceptors (Lipinski definition) is 7. The molecule has 4 rings (SSSR count). The summed E-state index contributed by atoms with van der Waals surface area (Å²) in [7, 11) is 0. The normalized spacial score (nSPS) is 14.8. The van der Waals surface area contributed by atoms with Gasteiger partial charge in [-0.25, -0.2) is 0 Å². The molecule has 160 valence electrons. The van der Waals surface area contributed by atoms with Crippen molar-refractivity contribution in [3.05, 3.63) is 53.6 Å². The molecule has 0 radical (unpaired) electrons. The fraction of sp³-hybridized carbons (Fsp3) is 0.304. The molecule has 3 aromatic rings. The molecule has 1 aliphatic rings. The number of para-hydroxylation sites is 1. The lowest BCUT2D eigenvalue weighted by molar-refractivity contribution is -0.118. The van der Waals surface area contributed by atoms with Crippen molar-refractivity contribution >= 4 is 23.4 Å². The first-order valence-electron chi connectivity index (χ1n) is 10.2. The number of carbonyl (C=O) groups is 1. The van der Waals surface area contributed by atoms with E-state index in [1.807, 2.05) is 63.2 Å². The highest BCUT2D eigenvalue weighted by Crippen LogP contribution is 2.45. The van der Waals surface area contributed by atoms with Gasteiger partial charge in [0, 0.05) is 12.5 Å². The Morgan fingerprint density at radius 1 is 1.19 bits per heavy atom. The van der Waals surface area contributed by atoms with Crippen LogP contribution in [-0.2, 0) is 4.79 Å². The Balaban J connectivity index is 1.97. The molecule has 1 aromatic heterocycles. The summed E-state index contributed by atoms with van der Waals surface area (Å²) in [6.45, 7) is 7.96. The molecule has 0 bridgehead atoms. The van der Waals surface area contributed by atoms with Crippen molar-refractivity contribution in [3.8, 4) is 22.9 Å². The van der Waals surface area contributed by atoms with Crippen LogP contribution in [0.1, 0.15) is 38.1 Å². The fourth-order valence-electron chi connectivity index (χ4n) is 3.58. The number of carbonyl (C=O) groups excluding carboxylic acids is 1. The minimum absolute atomic E-state index is 0.162. The van der Waals surface area contributed by atoms with E-state index in [0.29, 0.717) is 34.8 Å². The third kappa shape index (κ3) is 4.07. The Labute approximate surface area is 185 Å². The van der Waals surface area contributed by atoms with Crippen molar-refractivity contribution in [3.63, 3.8) is 0 Å². The Morgan fingerprint density at radius 3 is 2.74 bits per heavy atom. The van der Waals surface area contributed by atoms with E-state index in [0.717, 1.165) is 22.4 Å². The van der Waals surface area contributed by atoms with Gasteiger partial charge in [0.15, 0.2) is 5.69 Å². The Kier molecular flexibility index (Phi) is 6.08. The van der Waals surface area contributed by atoms with Gasteiger partial charge in [-0.3, -0.25) is 9.69 Å². The molecule has 0 unspecified atom stereocenters. The van der Waals surface area contributed by atoms with Gasteiger partial charge >= 0.3 is 0 Å². The molecule has 0 fully saturated rings. The summed E-state index contributed by atoms with van der Waals surface area (Å²) >= 11 is 1.48. The molecule has 1 atom stereocenters. The predicted octanol–water partition coefficient (Wildman–Crippen LogP) is 4.80. The average Bonchev–Trinajstić information content (AvgIpc) is 2.88. The molecule has 8 heteroatoms. The number of ether oxygens (including phenoxy) is 2. The van der Waals surface area contributed by atoms with Crippen LogP contribution in [0.5, 0.6) is 11.6 Å². The highest BCUT2D eigenvalue weighted by atomic mass is 32.2. The van der Waals surface area contributed by atoms with E-state index >= 15 is 0 Å². The number of fused-ring (bicyclic) bond motifs is 3. The van der Waals surface area contributed by atoms with Crippen LogP contribution in [0.4, 0.5) is 5.69 Å². The number of nitrogens with zero attached hydrogens (tertiary/aromatic N) is 4. The fourth-order valence-corrected chi connectivity index (χ4v) is 4.09. The van der Waals surface area contributed by atoms with E-state index in [1.54, 1.807) is 4.90 Å². The molecular weight excluding hydrogens is 412 g/mol. The van der Waals surface area contributed by atoms with E-state index in [9.17, 15) is 4.79 Å². The van der Waals surface area contributed by atoms with Crippen LogP contribution < -0.4 is 14.4 Å². The number of rotatable bonds is 5. The molecule has 0 spiro atoms. The first kappa shape index (κ1) is 21.1. The Bertz CT molecular complexity index is 1120. The number of anilines is 1. The van der Waals surface area contributed by atoms with Crippen LogP contribution in [0, 0.1) is 6.92 Å². The average molecular weight is 437 g/mol. The second kappa shape index (κ2) is 8.93.